The molecule has 2 aromatic carbocycles. The third-order valence-electron chi connectivity index (χ3n) is 4.00. The van der Waals surface area contributed by atoms with Gasteiger partial charge in [0.25, 0.3) is 11.8 Å². The smallest absolute Gasteiger partial charge is 0.341 e. The minimum absolute atomic E-state index is 0.0193. The molecule has 0 radical (unpaired) electrons. The second-order valence-electron chi connectivity index (χ2n) is 6.11. The van der Waals surface area contributed by atoms with Gasteiger partial charge in [-0.05, 0) is 43.3 Å². The number of furan rings is 1. The number of rotatable bonds is 6. The van der Waals surface area contributed by atoms with E-state index >= 15 is 0 Å². The van der Waals surface area contributed by atoms with E-state index in [1.807, 2.05) is 0 Å². The lowest BCUT2D eigenvalue weighted by atomic mass is 10.1. The zero-order valence-electron chi connectivity index (χ0n) is 15.6. The first-order valence-corrected chi connectivity index (χ1v) is 8.76. The number of carbonyl (C=O) groups is 3. The summed E-state index contributed by atoms with van der Waals surface area (Å²) in [5, 5.41) is 4.57. The van der Waals surface area contributed by atoms with Crippen LogP contribution in [0.4, 0.5) is 20.2 Å². The van der Waals surface area contributed by atoms with Gasteiger partial charge in [-0.1, -0.05) is 18.2 Å². The van der Waals surface area contributed by atoms with Gasteiger partial charge in [-0.25, -0.2) is 13.6 Å². The molecule has 0 aliphatic rings. The van der Waals surface area contributed by atoms with Crippen molar-refractivity contribution >= 4 is 29.2 Å². The number of hydrogen-bond donors (Lipinski definition) is 2. The highest BCUT2D eigenvalue weighted by atomic mass is 19.1. The molecule has 7 nitrogen and oxygen atoms in total. The van der Waals surface area contributed by atoms with Crippen molar-refractivity contribution < 1.29 is 32.3 Å². The molecule has 3 rings (SSSR count). The predicted octanol–water partition coefficient (Wildman–Crippen LogP) is 3.99. The van der Waals surface area contributed by atoms with Crippen molar-refractivity contribution in [2.45, 2.75) is 13.0 Å². The number of amides is 2. The molecule has 1 aromatic heterocycles. The van der Waals surface area contributed by atoms with Crippen molar-refractivity contribution in [2.75, 3.05) is 10.6 Å². The summed E-state index contributed by atoms with van der Waals surface area (Å²) >= 11 is 0. The molecular formula is C21H16F2N2O5. The molecule has 0 aliphatic heterocycles. The Bertz CT molecular complexity index is 1060. The summed E-state index contributed by atoms with van der Waals surface area (Å²) in [6, 6.07) is 12.1. The number of esters is 1. The van der Waals surface area contributed by atoms with E-state index in [0.29, 0.717) is 0 Å². The number of para-hydroxylation sites is 2. The average molecular weight is 414 g/mol. The molecule has 0 unspecified atom stereocenters. The standard InChI is InChI=1S/C21H16F2N2O5/c1-12(19(26)25-18-14(22)7-4-8-15(18)23)30-21(28)13-6-2-3-9-16(13)24-20(27)17-10-5-11-29-17/h2-12H,1H3,(H,24,27)(H,25,26)/t12-/m1/s1. The highest BCUT2D eigenvalue weighted by Crippen LogP contribution is 2.20. The van der Waals surface area contributed by atoms with Crippen molar-refractivity contribution in [3.63, 3.8) is 0 Å². The van der Waals surface area contributed by atoms with Gasteiger partial charge in [-0.2, -0.15) is 0 Å². The Kier molecular flexibility index (Phi) is 6.21. The summed E-state index contributed by atoms with van der Waals surface area (Å²) < 4.78 is 37.5. The topological polar surface area (TPSA) is 97.6 Å². The van der Waals surface area contributed by atoms with Gasteiger partial charge in [0, 0.05) is 0 Å². The molecule has 2 amide bonds. The molecule has 30 heavy (non-hydrogen) atoms. The minimum atomic E-state index is -1.37. The Morgan fingerprint density at radius 3 is 2.30 bits per heavy atom. The zero-order chi connectivity index (χ0) is 21.7. The number of carbonyl (C=O) groups excluding carboxylic acids is 3. The molecule has 9 heteroatoms. The van der Waals surface area contributed by atoms with E-state index in [2.05, 4.69) is 10.6 Å². The number of hydrogen-bond acceptors (Lipinski definition) is 5. The molecule has 3 aromatic rings. The monoisotopic (exact) mass is 414 g/mol. The largest absolute Gasteiger partial charge is 0.459 e. The molecule has 0 fully saturated rings. The predicted molar refractivity (Wildman–Crippen MR) is 103 cm³/mol. The molecular weight excluding hydrogens is 398 g/mol. The number of nitrogens with one attached hydrogen (secondary N) is 2. The first kappa shape index (κ1) is 20.7. The van der Waals surface area contributed by atoms with Crippen LogP contribution < -0.4 is 10.6 Å². The van der Waals surface area contributed by atoms with Gasteiger partial charge >= 0.3 is 5.97 Å². The van der Waals surface area contributed by atoms with Crippen LogP contribution in [-0.4, -0.2) is 23.9 Å². The third kappa shape index (κ3) is 4.69. The summed E-state index contributed by atoms with van der Waals surface area (Å²) in [5.74, 6) is -4.31. The van der Waals surface area contributed by atoms with Crippen molar-refractivity contribution in [3.8, 4) is 0 Å². The summed E-state index contributed by atoms with van der Waals surface area (Å²) in [6.45, 7) is 1.25. The van der Waals surface area contributed by atoms with Crippen molar-refractivity contribution in [1.29, 1.82) is 0 Å². The van der Waals surface area contributed by atoms with Gasteiger partial charge in [-0.15, -0.1) is 0 Å². The molecule has 2 N–H and O–H groups in total. The van der Waals surface area contributed by atoms with E-state index < -0.39 is 41.2 Å². The van der Waals surface area contributed by atoms with Gasteiger partial charge in [0.05, 0.1) is 17.5 Å². The van der Waals surface area contributed by atoms with Crippen LogP contribution in [0, 0.1) is 11.6 Å². The van der Waals surface area contributed by atoms with E-state index in [9.17, 15) is 23.2 Å². The Balaban J connectivity index is 1.69. The second-order valence-corrected chi connectivity index (χ2v) is 6.11. The van der Waals surface area contributed by atoms with E-state index in [0.717, 1.165) is 18.2 Å². The van der Waals surface area contributed by atoms with E-state index in [-0.39, 0.29) is 17.0 Å². The van der Waals surface area contributed by atoms with Gasteiger partial charge in [0.15, 0.2) is 11.9 Å². The summed E-state index contributed by atoms with van der Waals surface area (Å²) in [5.41, 5.74) is -0.526. The zero-order valence-corrected chi connectivity index (χ0v) is 15.6. The van der Waals surface area contributed by atoms with E-state index in [1.165, 1.54) is 37.5 Å². The highest BCUT2D eigenvalue weighted by Gasteiger charge is 2.23. The molecule has 1 atom stereocenters. The van der Waals surface area contributed by atoms with Crippen LogP contribution in [0.15, 0.2) is 65.3 Å². The quantitative estimate of drug-likeness (QED) is 0.595. The number of ether oxygens (including phenoxy) is 1. The van der Waals surface area contributed by atoms with Crippen LogP contribution in [0.2, 0.25) is 0 Å². The SMILES string of the molecule is C[C@@H](OC(=O)c1ccccc1NC(=O)c1ccco1)C(=O)Nc1c(F)cccc1F. The number of halogens is 2. The summed E-state index contributed by atoms with van der Waals surface area (Å²) in [4.78, 5) is 36.9. The van der Waals surface area contributed by atoms with E-state index in [4.69, 9.17) is 9.15 Å². The minimum Gasteiger partial charge on any atom is -0.459 e. The van der Waals surface area contributed by atoms with Crippen LogP contribution in [0.5, 0.6) is 0 Å². The van der Waals surface area contributed by atoms with Crippen molar-refractivity contribution in [3.05, 3.63) is 83.8 Å². The Hall–Kier alpha value is -4.01. The van der Waals surface area contributed by atoms with Crippen LogP contribution in [0.1, 0.15) is 27.8 Å². The Morgan fingerprint density at radius 2 is 1.63 bits per heavy atom. The summed E-state index contributed by atoms with van der Waals surface area (Å²) in [7, 11) is 0. The summed E-state index contributed by atoms with van der Waals surface area (Å²) in [6.07, 6.45) is -0.0429. The molecule has 0 saturated heterocycles. The van der Waals surface area contributed by atoms with Gasteiger partial charge in [-0.3, -0.25) is 9.59 Å². The maximum absolute atomic E-state index is 13.7. The lowest BCUT2D eigenvalue weighted by Crippen LogP contribution is -2.31. The molecule has 0 saturated carbocycles. The lowest BCUT2D eigenvalue weighted by molar-refractivity contribution is -0.123. The first-order valence-electron chi connectivity index (χ1n) is 8.76. The third-order valence-corrected chi connectivity index (χ3v) is 4.00. The molecule has 0 spiro atoms. The number of benzene rings is 2. The number of anilines is 2. The van der Waals surface area contributed by atoms with Crippen LogP contribution in [0.3, 0.4) is 0 Å². The van der Waals surface area contributed by atoms with Crippen molar-refractivity contribution in [1.82, 2.24) is 0 Å². The maximum Gasteiger partial charge on any atom is 0.341 e. The fraction of sp³-hybridized carbons (Fsp3) is 0.0952. The Labute approximate surface area is 169 Å². The van der Waals surface area contributed by atoms with Crippen LogP contribution in [-0.2, 0) is 9.53 Å². The molecule has 0 bridgehead atoms. The highest BCUT2D eigenvalue weighted by molar-refractivity contribution is 6.07. The first-order chi connectivity index (χ1) is 14.4. The maximum atomic E-state index is 13.7. The van der Waals surface area contributed by atoms with Crippen LogP contribution in [0.25, 0.3) is 0 Å². The fourth-order valence-corrected chi connectivity index (χ4v) is 2.48. The average Bonchev–Trinajstić information content (AvgIpc) is 3.26. The molecule has 154 valence electrons. The molecule has 0 aliphatic carbocycles. The molecule has 1 heterocycles. The normalized spacial score (nSPS) is 11.4. The second kappa shape index (κ2) is 8.99. The van der Waals surface area contributed by atoms with Crippen LogP contribution >= 0.6 is 0 Å². The fourth-order valence-electron chi connectivity index (χ4n) is 2.48. The Morgan fingerprint density at radius 1 is 0.933 bits per heavy atom. The lowest BCUT2D eigenvalue weighted by Gasteiger charge is -2.15. The van der Waals surface area contributed by atoms with Crippen molar-refractivity contribution in [2.24, 2.45) is 0 Å². The van der Waals surface area contributed by atoms with E-state index in [1.54, 1.807) is 12.1 Å². The van der Waals surface area contributed by atoms with Gasteiger partial charge < -0.3 is 19.8 Å². The van der Waals surface area contributed by atoms with Gasteiger partial charge in [0.2, 0.25) is 0 Å². The van der Waals surface area contributed by atoms with Gasteiger partial charge in [0.1, 0.15) is 17.3 Å².